The Balaban J connectivity index is 1.40. The Hall–Kier alpha value is -4.10. The van der Waals surface area contributed by atoms with E-state index in [1.165, 1.54) is 16.1 Å². The van der Waals surface area contributed by atoms with E-state index in [0.29, 0.717) is 29.3 Å². The number of amides is 1. The van der Waals surface area contributed by atoms with Crippen LogP contribution in [0.2, 0.25) is 0 Å². The van der Waals surface area contributed by atoms with Crippen LogP contribution in [-0.4, -0.2) is 27.1 Å². The molecule has 0 saturated heterocycles. The molecule has 0 spiro atoms. The smallest absolute Gasteiger partial charge is 0.251 e. The number of nitrogens with one attached hydrogen (secondary N) is 1. The third-order valence-electron chi connectivity index (χ3n) is 5.98. The van der Waals surface area contributed by atoms with E-state index in [1.54, 1.807) is 48.5 Å². The zero-order chi connectivity index (χ0) is 26.3. The number of benzene rings is 4. The van der Waals surface area contributed by atoms with Gasteiger partial charge < -0.3 is 10.1 Å². The number of hydrogen-bond donors (Lipinski definition) is 1. The van der Waals surface area contributed by atoms with Crippen LogP contribution >= 0.6 is 0 Å². The molecule has 4 aromatic rings. The molecule has 1 unspecified atom stereocenters. The van der Waals surface area contributed by atoms with Crippen LogP contribution in [0.1, 0.15) is 34.3 Å². The van der Waals surface area contributed by atoms with Gasteiger partial charge in [-0.05, 0) is 65.6 Å². The fraction of sp³-hybridized carbons (Fsp3) is 0.167. The lowest BCUT2D eigenvalue weighted by molar-refractivity contribution is 0.0951. The molecular formula is C30H30N2O4S. The summed E-state index contributed by atoms with van der Waals surface area (Å²) in [7, 11) is -3.55. The van der Waals surface area contributed by atoms with Crippen LogP contribution in [0.3, 0.4) is 0 Å². The van der Waals surface area contributed by atoms with Gasteiger partial charge in [0.2, 0.25) is 10.0 Å². The number of nitrogens with zero attached hydrogens (tertiary/aromatic N) is 1. The van der Waals surface area contributed by atoms with E-state index in [2.05, 4.69) is 12.2 Å². The summed E-state index contributed by atoms with van der Waals surface area (Å²) in [6.45, 7) is 2.74. The fourth-order valence-corrected chi connectivity index (χ4v) is 4.77. The first-order valence-electron chi connectivity index (χ1n) is 12.0. The van der Waals surface area contributed by atoms with Crippen LogP contribution < -0.4 is 14.4 Å². The van der Waals surface area contributed by atoms with Crippen molar-refractivity contribution < 1.29 is 17.9 Å². The Bertz CT molecular complexity index is 1410. The predicted octanol–water partition coefficient (Wildman–Crippen LogP) is 5.98. The molecule has 6 nitrogen and oxygen atoms in total. The third-order valence-corrected chi connectivity index (χ3v) is 7.12. The van der Waals surface area contributed by atoms with E-state index in [9.17, 15) is 13.2 Å². The molecule has 4 rings (SSSR count). The lowest BCUT2D eigenvalue weighted by atomic mass is 10.0. The summed E-state index contributed by atoms with van der Waals surface area (Å²) in [5.74, 6) is 1.34. The summed E-state index contributed by atoms with van der Waals surface area (Å²) in [5.41, 5.74) is 2.99. The molecule has 0 fully saturated rings. The van der Waals surface area contributed by atoms with Crippen molar-refractivity contribution in [2.75, 3.05) is 17.1 Å². The number of sulfonamides is 1. The monoisotopic (exact) mass is 514 g/mol. The number of anilines is 1. The van der Waals surface area contributed by atoms with Gasteiger partial charge in [-0.15, -0.1) is 0 Å². The lowest BCUT2D eigenvalue weighted by Crippen LogP contribution is -2.29. The van der Waals surface area contributed by atoms with E-state index in [-0.39, 0.29) is 18.4 Å². The first-order valence-corrected chi connectivity index (χ1v) is 13.9. The minimum absolute atomic E-state index is 0.144. The average molecular weight is 515 g/mol. The largest absolute Gasteiger partial charge is 0.457 e. The molecule has 0 aliphatic carbocycles. The Labute approximate surface area is 218 Å². The molecule has 0 saturated carbocycles. The van der Waals surface area contributed by atoms with E-state index in [1.807, 2.05) is 60.7 Å². The van der Waals surface area contributed by atoms with Crippen molar-refractivity contribution in [1.29, 1.82) is 0 Å². The van der Waals surface area contributed by atoms with Gasteiger partial charge in [0, 0.05) is 12.1 Å². The van der Waals surface area contributed by atoms with Crippen LogP contribution in [0.4, 0.5) is 5.69 Å². The molecule has 0 aromatic heterocycles. The van der Waals surface area contributed by atoms with Crippen LogP contribution in [-0.2, 0) is 16.6 Å². The molecular weight excluding hydrogens is 484 g/mol. The van der Waals surface area contributed by atoms with Crippen LogP contribution in [0.15, 0.2) is 109 Å². The summed E-state index contributed by atoms with van der Waals surface area (Å²) in [6, 6.07) is 33.3. The predicted molar refractivity (Wildman–Crippen MR) is 148 cm³/mol. The standard InChI is InChI=1S/C30H30N2O4S/c1-23(25-9-5-3-6-10-25)21-31-30(33)26-15-13-24(14-16-26)22-32(37(2,34)35)27-17-19-29(20-18-27)36-28-11-7-4-8-12-28/h3-20,23H,21-22H2,1-2H3,(H,31,33). The van der Waals surface area contributed by atoms with Gasteiger partial charge in [-0.1, -0.05) is 67.6 Å². The molecule has 0 heterocycles. The maximum Gasteiger partial charge on any atom is 0.251 e. The minimum Gasteiger partial charge on any atom is -0.457 e. The number of carbonyl (C=O) groups excluding carboxylic acids is 1. The first kappa shape index (κ1) is 26.0. The topological polar surface area (TPSA) is 75.7 Å². The van der Waals surface area contributed by atoms with Gasteiger partial charge in [-0.3, -0.25) is 9.10 Å². The van der Waals surface area contributed by atoms with E-state index >= 15 is 0 Å². The second kappa shape index (κ2) is 11.8. The Morgan fingerprint density at radius 3 is 1.97 bits per heavy atom. The number of ether oxygens (including phenoxy) is 1. The zero-order valence-corrected chi connectivity index (χ0v) is 21.7. The second-order valence-corrected chi connectivity index (χ2v) is 10.8. The lowest BCUT2D eigenvalue weighted by Gasteiger charge is -2.23. The Kier molecular flexibility index (Phi) is 8.25. The Morgan fingerprint density at radius 2 is 1.38 bits per heavy atom. The molecule has 4 aromatic carbocycles. The highest BCUT2D eigenvalue weighted by molar-refractivity contribution is 7.92. The quantitative estimate of drug-likeness (QED) is 0.283. The molecule has 7 heteroatoms. The van der Waals surface area contributed by atoms with Crippen molar-refractivity contribution >= 4 is 21.6 Å². The summed E-state index contributed by atoms with van der Waals surface area (Å²) in [6.07, 6.45) is 1.18. The molecule has 0 aliphatic rings. The van der Waals surface area contributed by atoms with Crippen LogP contribution in [0.25, 0.3) is 0 Å². The highest BCUT2D eigenvalue weighted by Gasteiger charge is 2.18. The summed E-state index contributed by atoms with van der Waals surface area (Å²) < 4.78 is 32.3. The molecule has 1 atom stereocenters. The number of hydrogen-bond acceptors (Lipinski definition) is 4. The normalized spacial score (nSPS) is 11.9. The van der Waals surface area contributed by atoms with Gasteiger partial charge in [0.05, 0.1) is 18.5 Å². The van der Waals surface area contributed by atoms with Gasteiger partial charge in [0.1, 0.15) is 11.5 Å². The molecule has 1 N–H and O–H groups in total. The van der Waals surface area contributed by atoms with E-state index in [4.69, 9.17) is 4.74 Å². The zero-order valence-electron chi connectivity index (χ0n) is 20.9. The van der Waals surface area contributed by atoms with E-state index in [0.717, 1.165) is 5.56 Å². The summed E-state index contributed by atoms with van der Waals surface area (Å²) in [4.78, 5) is 12.6. The molecule has 37 heavy (non-hydrogen) atoms. The molecule has 0 radical (unpaired) electrons. The van der Waals surface area contributed by atoms with Gasteiger partial charge in [0.15, 0.2) is 0 Å². The maximum absolute atomic E-state index is 12.6. The number of para-hydroxylation sites is 1. The van der Waals surface area contributed by atoms with Crippen molar-refractivity contribution in [1.82, 2.24) is 5.32 Å². The highest BCUT2D eigenvalue weighted by atomic mass is 32.2. The molecule has 0 bridgehead atoms. The number of rotatable bonds is 10. The number of carbonyl (C=O) groups is 1. The van der Waals surface area contributed by atoms with E-state index < -0.39 is 10.0 Å². The summed E-state index contributed by atoms with van der Waals surface area (Å²) >= 11 is 0. The average Bonchev–Trinajstić information content (AvgIpc) is 2.91. The van der Waals surface area contributed by atoms with Gasteiger partial charge in [-0.2, -0.15) is 0 Å². The van der Waals surface area contributed by atoms with Crippen molar-refractivity contribution in [2.45, 2.75) is 19.4 Å². The fourth-order valence-electron chi connectivity index (χ4n) is 3.88. The van der Waals surface area contributed by atoms with Gasteiger partial charge in [-0.25, -0.2) is 8.42 Å². The minimum atomic E-state index is -3.55. The van der Waals surface area contributed by atoms with Crippen molar-refractivity contribution in [3.05, 3.63) is 126 Å². The van der Waals surface area contributed by atoms with Gasteiger partial charge in [0.25, 0.3) is 5.91 Å². The second-order valence-electron chi connectivity index (χ2n) is 8.90. The summed E-state index contributed by atoms with van der Waals surface area (Å²) in [5, 5.41) is 2.97. The SMILES string of the molecule is CC(CNC(=O)c1ccc(CN(c2ccc(Oc3ccccc3)cc2)S(C)(=O)=O)cc1)c1ccccc1. The van der Waals surface area contributed by atoms with Crippen molar-refractivity contribution in [2.24, 2.45) is 0 Å². The molecule has 1 amide bonds. The maximum atomic E-state index is 12.6. The van der Waals surface area contributed by atoms with Crippen LogP contribution in [0, 0.1) is 0 Å². The van der Waals surface area contributed by atoms with Gasteiger partial charge >= 0.3 is 0 Å². The Morgan fingerprint density at radius 1 is 0.811 bits per heavy atom. The molecule has 190 valence electrons. The third kappa shape index (κ3) is 7.21. The highest BCUT2D eigenvalue weighted by Crippen LogP contribution is 2.27. The molecule has 0 aliphatic heterocycles. The first-order chi connectivity index (χ1) is 17.8. The van der Waals surface area contributed by atoms with Crippen molar-refractivity contribution in [3.8, 4) is 11.5 Å². The van der Waals surface area contributed by atoms with Crippen molar-refractivity contribution in [3.63, 3.8) is 0 Å². The van der Waals surface area contributed by atoms with Crippen LogP contribution in [0.5, 0.6) is 11.5 Å².